The van der Waals surface area contributed by atoms with Crippen molar-refractivity contribution in [3.63, 3.8) is 0 Å². The Morgan fingerprint density at radius 2 is 1.85 bits per heavy atom. The van der Waals surface area contributed by atoms with Crippen LogP contribution in [0.25, 0.3) is 10.9 Å². The highest BCUT2D eigenvalue weighted by Gasteiger charge is 2.14. The van der Waals surface area contributed by atoms with E-state index in [1.54, 1.807) is 37.3 Å². The van der Waals surface area contributed by atoms with Crippen molar-refractivity contribution in [1.82, 2.24) is 10.3 Å². The van der Waals surface area contributed by atoms with Crippen molar-refractivity contribution in [2.45, 2.75) is 6.92 Å². The Bertz CT molecular complexity index is 985. The molecule has 3 aromatic rings. The molecule has 1 aromatic heterocycles. The average Bonchev–Trinajstić information content (AvgIpc) is 2.60. The molecule has 132 valence electrons. The Morgan fingerprint density at radius 1 is 1.12 bits per heavy atom. The van der Waals surface area contributed by atoms with Gasteiger partial charge in [-0.05, 0) is 49.4 Å². The van der Waals surface area contributed by atoms with Gasteiger partial charge in [-0.25, -0.2) is 4.39 Å². The van der Waals surface area contributed by atoms with Crippen LogP contribution in [0.1, 0.15) is 16.1 Å². The van der Waals surface area contributed by atoms with Gasteiger partial charge in [0.1, 0.15) is 5.82 Å². The van der Waals surface area contributed by atoms with E-state index in [4.69, 9.17) is 0 Å². The fraction of sp³-hybridized carbons (Fsp3) is 0.105. The van der Waals surface area contributed by atoms with Crippen LogP contribution in [-0.4, -0.2) is 23.3 Å². The molecule has 0 fully saturated rings. The van der Waals surface area contributed by atoms with Crippen LogP contribution in [0.4, 0.5) is 10.1 Å². The first kappa shape index (κ1) is 18.0. The molecule has 0 atom stereocenters. The van der Waals surface area contributed by atoms with Crippen molar-refractivity contribution in [2.24, 2.45) is 0 Å². The van der Waals surface area contributed by atoms with Crippen molar-refractivity contribution >= 4 is 44.3 Å². The van der Waals surface area contributed by atoms with Gasteiger partial charge in [-0.2, -0.15) is 0 Å². The smallest absolute Gasteiger partial charge is 0.252 e. The molecule has 7 heteroatoms. The molecule has 0 radical (unpaired) electrons. The third-order valence-electron chi connectivity index (χ3n) is 3.68. The van der Waals surface area contributed by atoms with E-state index in [2.05, 4.69) is 31.5 Å². The summed E-state index contributed by atoms with van der Waals surface area (Å²) >= 11 is 3.32. The van der Waals surface area contributed by atoms with Gasteiger partial charge >= 0.3 is 0 Å². The van der Waals surface area contributed by atoms with Crippen LogP contribution in [0, 0.1) is 12.7 Å². The van der Waals surface area contributed by atoms with E-state index < -0.39 is 11.7 Å². The van der Waals surface area contributed by atoms with Crippen LogP contribution < -0.4 is 10.6 Å². The van der Waals surface area contributed by atoms with Crippen molar-refractivity contribution in [1.29, 1.82) is 0 Å². The summed E-state index contributed by atoms with van der Waals surface area (Å²) in [5.74, 6) is -1.18. The van der Waals surface area contributed by atoms with E-state index in [9.17, 15) is 14.0 Å². The lowest BCUT2D eigenvalue weighted by Gasteiger charge is -2.10. The third-order valence-corrected chi connectivity index (χ3v) is 4.21. The standard InChI is InChI=1S/C19H15BrFN3O2/c1-11-8-16(15-7-4-13(21)9-17(15)23-11)19(26)22-10-18(25)24-14-5-2-12(20)3-6-14/h2-9H,10H2,1H3,(H,22,26)(H,24,25). The highest BCUT2D eigenvalue weighted by atomic mass is 79.9. The second kappa shape index (κ2) is 7.61. The lowest BCUT2D eigenvalue weighted by atomic mass is 10.1. The number of carbonyl (C=O) groups excluding carboxylic acids is 2. The molecule has 0 aliphatic rings. The molecule has 2 aromatic carbocycles. The lowest BCUT2D eigenvalue weighted by Crippen LogP contribution is -2.33. The first-order chi connectivity index (χ1) is 12.4. The molecule has 26 heavy (non-hydrogen) atoms. The number of aryl methyl sites for hydroxylation is 1. The molecule has 1 heterocycles. The second-order valence-electron chi connectivity index (χ2n) is 5.71. The van der Waals surface area contributed by atoms with Crippen molar-refractivity contribution in [3.05, 3.63) is 70.1 Å². The number of anilines is 1. The normalized spacial score (nSPS) is 10.6. The van der Waals surface area contributed by atoms with E-state index in [0.29, 0.717) is 27.8 Å². The number of aromatic nitrogens is 1. The molecule has 0 bridgehead atoms. The van der Waals surface area contributed by atoms with Gasteiger partial charge in [0.15, 0.2) is 0 Å². The van der Waals surface area contributed by atoms with Crippen LogP contribution in [0.5, 0.6) is 0 Å². The number of pyridine rings is 1. The van der Waals surface area contributed by atoms with E-state index in [0.717, 1.165) is 4.47 Å². The van der Waals surface area contributed by atoms with E-state index in [1.807, 2.05) is 0 Å². The molecular formula is C19H15BrFN3O2. The zero-order valence-electron chi connectivity index (χ0n) is 13.8. The van der Waals surface area contributed by atoms with Crippen LogP contribution in [0.15, 0.2) is 53.0 Å². The Kier molecular flexibility index (Phi) is 5.27. The summed E-state index contributed by atoms with van der Waals surface area (Å²) < 4.78 is 14.3. The lowest BCUT2D eigenvalue weighted by molar-refractivity contribution is -0.115. The van der Waals surface area contributed by atoms with E-state index in [-0.39, 0.29) is 12.5 Å². The topological polar surface area (TPSA) is 71.1 Å². The number of benzene rings is 2. The van der Waals surface area contributed by atoms with Crippen LogP contribution in [0.3, 0.4) is 0 Å². The number of fused-ring (bicyclic) bond motifs is 1. The van der Waals surface area contributed by atoms with E-state index in [1.165, 1.54) is 18.2 Å². The summed E-state index contributed by atoms with van der Waals surface area (Å²) in [6.45, 7) is 1.54. The number of amides is 2. The maximum absolute atomic E-state index is 13.4. The minimum Gasteiger partial charge on any atom is -0.343 e. The SMILES string of the molecule is Cc1cc(C(=O)NCC(=O)Nc2ccc(Br)cc2)c2ccc(F)cc2n1. The fourth-order valence-corrected chi connectivity index (χ4v) is 2.78. The molecule has 0 aliphatic heterocycles. The molecule has 3 rings (SSSR count). The van der Waals surface area contributed by atoms with Crippen molar-refractivity contribution < 1.29 is 14.0 Å². The predicted octanol–water partition coefficient (Wildman–Crippen LogP) is 3.81. The molecule has 2 N–H and O–H groups in total. The first-order valence-electron chi connectivity index (χ1n) is 7.83. The summed E-state index contributed by atoms with van der Waals surface area (Å²) in [5, 5.41) is 5.81. The molecule has 5 nitrogen and oxygen atoms in total. The predicted molar refractivity (Wildman–Crippen MR) is 102 cm³/mol. The van der Waals surface area contributed by atoms with E-state index >= 15 is 0 Å². The maximum Gasteiger partial charge on any atom is 0.252 e. The minimum atomic E-state index is -0.421. The van der Waals surface area contributed by atoms with Gasteiger partial charge in [-0.3, -0.25) is 14.6 Å². The summed E-state index contributed by atoms with van der Waals surface area (Å²) in [5.41, 5.74) is 1.97. The zero-order chi connectivity index (χ0) is 18.7. The van der Waals surface area contributed by atoms with Crippen LogP contribution in [-0.2, 0) is 4.79 Å². The number of carbonyl (C=O) groups is 2. The number of hydrogen-bond acceptors (Lipinski definition) is 3. The quantitative estimate of drug-likeness (QED) is 0.680. The van der Waals surface area contributed by atoms with Gasteiger partial charge in [0, 0.05) is 27.3 Å². The number of rotatable bonds is 4. The van der Waals surface area contributed by atoms with Gasteiger partial charge < -0.3 is 10.6 Å². The van der Waals surface area contributed by atoms with Crippen molar-refractivity contribution in [3.8, 4) is 0 Å². The van der Waals surface area contributed by atoms with Gasteiger partial charge in [-0.15, -0.1) is 0 Å². The molecule has 0 saturated heterocycles. The Hall–Kier alpha value is -2.80. The second-order valence-corrected chi connectivity index (χ2v) is 6.63. The Balaban J connectivity index is 1.71. The summed E-state index contributed by atoms with van der Waals surface area (Å²) in [6.07, 6.45) is 0. The molecule has 0 saturated carbocycles. The van der Waals surface area contributed by atoms with Gasteiger partial charge in [0.25, 0.3) is 5.91 Å². The van der Waals surface area contributed by atoms with Gasteiger partial charge in [0.05, 0.1) is 17.6 Å². The first-order valence-corrected chi connectivity index (χ1v) is 8.62. The monoisotopic (exact) mass is 415 g/mol. The average molecular weight is 416 g/mol. The largest absolute Gasteiger partial charge is 0.343 e. The summed E-state index contributed by atoms with van der Waals surface area (Å²) in [7, 11) is 0. The molecule has 0 aliphatic carbocycles. The summed E-state index contributed by atoms with van der Waals surface area (Å²) in [4.78, 5) is 28.7. The molecular weight excluding hydrogens is 401 g/mol. The number of nitrogens with one attached hydrogen (secondary N) is 2. The molecule has 0 spiro atoms. The number of hydrogen-bond donors (Lipinski definition) is 2. The highest BCUT2D eigenvalue weighted by molar-refractivity contribution is 9.10. The Labute approximate surface area is 157 Å². The highest BCUT2D eigenvalue weighted by Crippen LogP contribution is 2.19. The van der Waals surface area contributed by atoms with Gasteiger partial charge in [0.2, 0.25) is 5.91 Å². The number of halogens is 2. The Morgan fingerprint density at radius 3 is 2.58 bits per heavy atom. The zero-order valence-corrected chi connectivity index (χ0v) is 15.4. The van der Waals surface area contributed by atoms with Crippen LogP contribution in [0.2, 0.25) is 0 Å². The number of nitrogens with zero attached hydrogens (tertiary/aromatic N) is 1. The molecule has 2 amide bonds. The molecule has 0 unspecified atom stereocenters. The third kappa shape index (κ3) is 4.23. The van der Waals surface area contributed by atoms with Crippen LogP contribution >= 0.6 is 15.9 Å². The maximum atomic E-state index is 13.4. The minimum absolute atomic E-state index is 0.182. The van der Waals surface area contributed by atoms with Crippen molar-refractivity contribution in [2.75, 3.05) is 11.9 Å². The van der Waals surface area contributed by atoms with Gasteiger partial charge in [-0.1, -0.05) is 15.9 Å². The summed E-state index contributed by atoms with van der Waals surface area (Å²) in [6, 6.07) is 12.8. The fourth-order valence-electron chi connectivity index (χ4n) is 2.52.